The van der Waals surface area contributed by atoms with Crippen LogP contribution in [0.4, 0.5) is 5.82 Å². The van der Waals surface area contributed by atoms with Crippen molar-refractivity contribution in [3.63, 3.8) is 0 Å². The summed E-state index contributed by atoms with van der Waals surface area (Å²) in [5, 5.41) is 10.5. The summed E-state index contributed by atoms with van der Waals surface area (Å²) in [5.74, 6) is 0.208. The minimum atomic E-state index is -4.21. The van der Waals surface area contributed by atoms with E-state index in [2.05, 4.69) is 15.0 Å². The van der Waals surface area contributed by atoms with Crippen LogP contribution in [0.15, 0.2) is 12.7 Å². The van der Waals surface area contributed by atoms with Gasteiger partial charge in [-0.05, 0) is 0 Å². The minimum Gasteiger partial charge on any atom is -0.386 e. The Kier molecular flexibility index (Phi) is 3.38. The maximum Gasteiger partial charge on any atom is 0.472 e. The Morgan fingerprint density at radius 3 is 3.04 bits per heavy atom. The number of aromatic nitrogens is 4. The van der Waals surface area contributed by atoms with E-state index in [9.17, 15) is 14.6 Å². The minimum absolute atomic E-state index is 0.00577. The molecule has 23 heavy (non-hydrogen) atoms. The maximum atomic E-state index is 11.7. The van der Waals surface area contributed by atoms with Gasteiger partial charge in [-0.1, -0.05) is 0 Å². The van der Waals surface area contributed by atoms with E-state index >= 15 is 0 Å². The van der Waals surface area contributed by atoms with E-state index in [-0.39, 0.29) is 12.4 Å². The van der Waals surface area contributed by atoms with Crippen LogP contribution in [-0.2, 0) is 18.3 Å². The molecule has 5 atom stereocenters. The SMILES string of the molecule is Nc1ncnc2c1ncn2[C@@H]1O[C@@H]2CCOP(=O)(O)O[C@@H]2C1O. The molecule has 2 unspecified atom stereocenters. The molecule has 0 saturated carbocycles. The summed E-state index contributed by atoms with van der Waals surface area (Å²) in [7, 11) is -4.21. The van der Waals surface area contributed by atoms with Gasteiger partial charge in [-0.25, -0.2) is 19.5 Å². The molecular formula is C11H14N5O6P. The molecule has 11 nitrogen and oxygen atoms in total. The summed E-state index contributed by atoms with van der Waals surface area (Å²) in [6, 6.07) is 0. The molecule has 2 fully saturated rings. The van der Waals surface area contributed by atoms with Crippen molar-refractivity contribution in [3.05, 3.63) is 12.7 Å². The van der Waals surface area contributed by atoms with E-state index in [1.54, 1.807) is 0 Å². The molecule has 4 heterocycles. The van der Waals surface area contributed by atoms with Crippen molar-refractivity contribution in [2.24, 2.45) is 0 Å². The molecule has 2 aliphatic rings. The molecule has 4 N–H and O–H groups in total. The summed E-state index contributed by atoms with van der Waals surface area (Å²) in [6.45, 7) is -0.00577. The van der Waals surface area contributed by atoms with Gasteiger partial charge in [0, 0.05) is 6.42 Å². The third kappa shape index (κ3) is 2.42. The molecule has 2 saturated heterocycles. The Bertz CT molecular complexity index is 798. The molecular weight excluding hydrogens is 329 g/mol. The van der Waals surface area contributed by atoms with Crippen LogP contribution >= 0.6 is 7.82 Å². The fourth-order valence-corrected chi connectivity index (χ4v) is 3.80. The van der Waals surface area contributed by atoms with E-state index in [1.807, 2.05) is 0 Å². The number of nitrogens with zero attached hydrogens (tertiary/aromatic N) is 4. The monoisotopic (exact) mass is 343 g/mol. The van der Waals surface area contributed by atoms with Gasteiger partial charge in [-0.15, -0.1) is 0 Å². The Morgan fingerprint density at radius 2 is 2.22 bits per heavy atom. The van der Waals surface area contributed by atoms with Gasteiger partial charge in [0.05, 0.1) is 19.0 Å². The Labute approximate surface area is 129 Å². The number of phosphoric acid groups is 1. The van der Waals surface area contributed by atoms with Gasteiger partial charge in [0.25, 0.3) is 0 Å². The molecule has 0 aliphatic carbocycles. The number of nitrogen functional groups attached to an aromatic ring is 1. The predicted octanol–water partition coefficient (Wildman–Crippen LogP) is -0.427. The highest BCUT2D eigenvalue weighted by Gasteiger charge is 2.50. The molecule has 2 aromatic heterocycles. The summed E-state index contributed by atoms with van der Waals surface area (Å²) in [4.78, 5) is 21.6. The van der Waals surface area contributed by atoms with E-state index < -0.39 is 32.4 Å². The van der Waals surface area contributed by atoms with Crippen LogP contribution in [0, 0.1) is 0 Å². The van der Waals surface area contributed by atoms with Gasteiger partial charge >= 0.3 is 7.82 Å². The molecule has 0 radical (unpaired) electrons. The quantitative estimate of drug-likeness (QED) is 0.581. The Balaban J connectivity index is 1.70. The molecule has 2 aromatic rings. The molecule has 0 aromatic carbocycles. The third-order valence-corrected chi connectivity index (χ3v) is 4.90. The largest absolute Gasteiger partial charge is 0.472 e. The number of phosphoric ester groups is 1. The van der Waals surface area contributed by atoms with Crippen LogP contribution in [0.3, 0.4) is 0 Å². The van der Waals surface area contributed by atoms with E-state index in [0.717, 1.165) is 0 Å². The number of ether oxygens (including phenoxy) is 1. The highest BCUT2D eigenvalue weighted by atomic mass is 31.2. The number of hydrogen-bond acceptors (Lipinski definition) is 9. The smallest absolute Gasteiger partial charge is 0.386 e. The molecule has 4 rings (SSSR count). The highest BCUT2D eigenvalue weighted by molar-refractivity contribution is 7.47. The first-order valence-corrected chi connectivity index (χ1v) is 8.38. The van der Waals surface area contributed by atoms with Gasteiger partial charge < -0.3 is 20.5 Å². The maximum absolute atomic E-state index is 11.7. The second kappa shape index (κ2) is 5.20. The number of fused-ring (bicyclic) bond motifs is 2. The first kappa shape index (κ1) is 14.9. The van der Waals surface area contributed by atoms with Crippen LogP contribution in [0.5, 0.6) is 0 Å². The van der Waals surface area contributed by atoms with Crippen molar-refractivity contribution in [3.8, 4) is 0 Å². The Hall–Kier alpha value is -1.62. The number of anilines is 1. The number of imidazole rings is 1. The summed E-state index contributed by atoms with van der Waals surface area (Å²) >= 11 is 0. The zero-order valence-electron chi connectivity index (χ0n) is 11.7. The Morgan fingerprint density at radius 1 is 1.39 bits per heavy atom. The van der Waals surface area contributed by atoms with Crippen molar-refractivity contribution < 1.29 is 28.3 Å². The van der Waals surface area contributed by atoms with Gasteiger partial charge in [-0.3, -0.25) is 13.6 Å². The van der Waals surface area contributed by atoms with Gasteiger partial charge in [-0.2, -0.15) is 0 Å². The van der Waals surface area contributed by atoms with Crippen LogP contribution in [0.25, 0.3) is 11.2 Å². The molecule has 124 valence electrons. The lowest BCUT2D eigenvalue weighted by molar-refractivity contribution is -0.0397. The van der Waals surface area contributed by atoms with Crippen molar-refractivity contribution in [2.45, 2.75) is 31.0 Å². The van der Waals surface area contributed by atoms with Crippen LogP contribution in [0.1, 0.15) is 12.6 Å². The number of aliphatic hydroxyl groups is 1. The van der Waals surface area contributed by atoms with Crippen LogP contribution < -0.4 is 5.73 Å². The van der Waals surface area contributed by atoms with E-state index in [1.165, 1.54) is 17.2 Å². The fourth-order valence-electron chi connectivity index (χ4n) is 2.84. The number of nitrogens with two attached hydrogens (primary N) is 1. The highest BCUT2D eigenvalue weighted by Crippen LogP contribution is 2.51. The standard InChI is InChI=1S/C11H14N5O6P/c12-9-6-10(14-3-13-9)16(4-15-6)11-7(17)8-5(21-11)1-2-20-23(18,19)22-8/h3-5,7-8,11,17H,1-2H2,(H,18,19)(H2,12,13,14)/t5-,7?,8+,11-/m1/s1. The average molecular weight is 343 g/mol. The van der Waals surface area contributed by atoms with E-state index in [0.29, 0.717) is 17.6 Å². The van der Waals surface area contributed by atoms with Crippen LogP contribution in [-0.4, -0.2) is 54.4 Å². The number of aliphatic hydroxyl groups excluding tert-OH is 1. The second-order valence-electron chi connectivity index (χ2n) is 5.30. The number of hydrogen-bond donors (Lipinski definition) is 3. The van der Waals surface area contributed by atoms with Crippen molar-refractivity contribution in [2.75, 3.05) is 12.3 Å². The lowest BCUT2D eigenvalue weighted by atomic mass is 10.1. The fraction of sp³-hybridized carbons (Fsp3) is 0.545. The normalized spacial score (nSPS) is 37.7. The van der Waals surface area contributed by atoms with Crippen molar-refractivity contribution >= 4 is 24.8 Å². The van der Waals surface area contributed by atoms with Crippen LogP contribution in [0.2, 0.25) is 0 Å². The molecule has 12 heteroatoms. The third-order valence-electron chi connectivity index (χ3n) is 3.88. The summed E-state index contributed by atoms with van der Waals surface area (Å²) in [5.41, 5.74) is 6.51. The summed E-state index contributed by atoms with van der Waals surface area (Å²) in [6.07, 6.45) is -0.638. The topological polar surface area (TPSA) is 155 Å². The van der Waals surface area contributed by atoms with E-state index in [4.69, 9.17) is 19.5 Å². The molecule has 0 bridgehead atoms. The summed E-state index contributed by atoms with van der Waals surface area (Å²) < 4.78 is 28.7. The lowest BCUT2D eigenvalue weighted by Gasteiger charge is -2.19. The first-order chi connectivity index (χ1) is 11.0. The molecule has 0 amide bonds. The molecule has 0 spiro atoms. The zero-order chi connectivity index (χ0) is 16.2. The zero-order valence-corrected chi connectivity index (χ0v) is 12.6. The molecule has 2 aliphatic heterocycles. The van der Waals surface area contributed by atoms with Crippen molar-refractivity contribution in [1.29, 1.82) is 0 Å². The second-order valence-corrected chi connectivity index (χ2v) is 6.71. The van der Waals surface area contributed by atoms with Gasteiger partial charge in [0.15, 0.2) is 17.7 Å². The van der Waals surface area contributed by atoms with Gasteiger partial charge in [0.2, 0.25) is 0 Å². The number of rotatable bonds is 1. The lowest BCUT2D eigenvalue weighted by Crippen LogP contribution is -2.32. The van der Waals surface area contributed by atoms with Crippen molar-refractivity contribution in [1.82, 2.24) is 19.5 Å². The van der Waals surface area contributed by atoms with Gasteiger partial charge in [0.1, 0.15) is 24.1 Å². The first-order valence-electron chi connectivity index (χ1n) is 6.88. The average Bonchev–Trinajstić information content (AvgIpc) is 2.99. The predicted molar refractivity (Wildman–Crippen MR) is 74.9 cm³/mol.